The van der Waals surface area contributed by atoms with E-state index in [9.17, 15) is 9.59 Å². The Morgan fingerprint density at radius 1 is 0.727 bits per heavy atom. The summed E-state index contributed by atoms with van der Waals surface area (Å²) in [5.41, 5.74) is 1.93. The molecule has 3 aromatic rings. The van der Waals surface area contributed by atoms with Crippen molar-refractivity contribution in [1.82, 2.24) is 0 Å². The van der Waals surface area contributed by atoms with E-state index in [-0.39, 0.29) is 11.8 Å². The summed E-state index contributed by atoms with van der Waals surface area (Å²) in [5.74, 6) is 0.421. The number of carbonyl (C=O) groups is 2. The first-order valence-corrected chi connectivity index (χ1v) is 11.0. The van der Waals surface area contributed by atoms with Crippen LogP contribution in [0.5, 0.6) is 11.5 Å². The molecule has 2 atom stereocenters. The van der Waals surface area contributed by atoms with Crippen LogP contribution in [0.15, 0.2) is 66.7 Å². The molecular formula is C25H24Cl2N2O4. The Bertz CT molecular complexity index is 1120. The van der Waals surface area contributed by atoms with Gasteiger partial charge in [-0.3, -0.25) is 9.59 Å². The van der Waals surface area contributed by atoms with Crippen molar-refractivity contribution < 1.29 is 19.1 Å². The van der Waals surface area contributed by atoms with Gasteiger partial charge in [0.2, 0.25) is 0 Å². The molecule has 0 bridgehead atoms. The van der Waals surface area contributed by atoms with E-state index in [1.54, 1.807) is 80.6 Å². The van der Waals surface area contributed by atoms with E-state index >= 15 is 0 Å². The van der Waals surface area contributed by atoms with Crippen LogP contribution in [0.1, 0.15) is 19.4 Å². The summed E-state index contributed by atoms with van der Waals surface area (Å²) in [6.45, 7) is 5.16. The molecule has 0 aromatic heterocycles. The van der Waals surface area contributed by atoms with Crippen LogP contribution in [0.4, 0.5) is 11.4 Å². The third-order valence-corrected chi connectivity index (χ3v) is 5.26. The van der Waals surface area contributed by atoms with Gasteiger partial charge in [-0.1, -0.05) is 29.3 Å². The van der Waals surface area contributed by atoms with Gasteiger partial charge in [0.05, 0.1) is 0 Å². The van der Waals surface area contributed by atoms with E-state index in [0.29, 0.717) is 32.9 Å². The molecule has 3 rings (SSSR count). The van der Waals surface area contributed by atoms with Crippen molar-refractivity contribution in [2.75, 3.05) is 10.6 Å². The SMILES string of the molecule is Cc1ccc(NC(=O)C(C)Oc2ccc(Cl)cc2)cc1NC(=O)C(C)Oc1ccc(Cl)cc1. The number of hydrogen-bond donors (Lipinski definition) is 2. The van der Waals surface area contributed by atoms with Crippen molar-refractivity contribution in [3.8, 4) is 11.5 Å². The highest BCUT2D eigenvalue weighted by molar-refractivity contribution is 6.30. The number of benzene rings is 3. The standard InChI is InChI=1S/C25H24Cl2N2O4/c1-15-4-9-20(28-24(30)16(2)32-21-10-5-18(26)6-11-21)14-23(15)29-25(31)17(3)33-22-12-7-19(27)8-13-22/h4-14,16-17H,1-3H3,(H,28,30)(H,29,31). The topological polar surface area (TPSA) is 76.7 Å². The lowest BCUT2D eigenvalue weighted by molar-refractivity contribution is -0.122. The number of hydrogen-bond acceptors (Lipinski definition) is 4. The molecule has 33 heavy (non-hydrogen) atoms. The second-order valence-corrected chi connectivity index (χ2v) is 8.31. The van der Waals surface area contributed by atoms with Crippen LogP contribution in [0.25, 0.3) is 0 Å². The zero-order valence-electron chi connectivity index (χ0n) is 18.4. The molecular weight excluding hydrogens is 463 g/mol. The van der Waals surface area contributed by atoms with Gasteiger partial charge in [0, 0.05) is 21.4 Å². The van der Waals surface area contributed by atoms with Crippen molar-refractivity contribution in [2.45, 2.75) is 33.0 Å². The highest BCUT2D eigenvalue weighted by Crippen LogP contribution is 2.23. The van der Waals surface area contributed by atoms with Crippen LogP contribution in [0.3, 0.4) is 0 Å². The molecule has 3 aromatic carbocycles. The first-order chi connectivity index (χ1) is 15.7. The number of ether oxygens (including phenoxy) is 2. The van der Waals surface area contributed by atoms with Gasteiger partial charge in [-0.15, -0.1) is 0 Å². The maximum atomic E-state index is 12.6. The fourth-order valence-corrected chi connectivity index (χ4v) is 3.11. The Kier molecular flexibility index (Phi) is 8.20. The smallest absolute Gasteiger partial charge is 0.265 e. The van der Waals surface area contributed by atoms with Gasteiger partial charge in [-0.25, -0.2) is 0 Å². The molecule has 6 nitrogen and oxygen atoms in total. The van der Waals surface area contributed by atoms with Crippen molar-refractivity contribution in [2.24, 2.45) is 0 Å². The molecule has 0 saturated heterocycles. The molecule has 2 unspecified atom stereocenters. The van der Waals surface area contributed by atoms with Crippen LogP contribution in [-0.4, -0.2) is 24.0 Å². The van der Waals surface area contributed by atoms with E-state index in [2.05, 4.69) is 10.6 Å². The summed E-state index contributed by atoms with van der Waals surface area (Å²) in [7, 11) is 0. The molecule has 0 heterocycles. The number of carbonyl (C=O) groups excluding carboxylic acids is 2. The fourth-order valence-electron chi connectivity index (χ4n) is 2.85. The Morgan fingerprint density at radius 3 is 1.67 bits per heavy atom. The van der Waals surface area contributed by atoms with Crippen LogP contribution >= 0.6 is 23.2 Å². The van der Waals surface area contributed by atoms with Gasteiger partial charge in [-0.05, 0) is 87.0 Å². The first-order valence-electron chi connectivity index (χ1n) is 10.3. The zero-order valence-corrected chi connectivity index (χ0v) is 19.9. The minimum absolute atomic E-state index is 0.323. The molecule has 2 N–H and O–H groups in total. The number of nitrogens with one attached hydrogen (secondary N) is 2. The Labute approximate surface area is 202 Å². The van der Waals surface area contributed by atoms with Gasteiger partial charge in [0.25, 0.3) is 11.8 Å². The maximum Gasteiger partial charge on any atom is 0.265 e. The van der Waals surface area contributed by atoms with E-state index in [1.807, 2.05) is 6.92 Å². The van der Waals surface area contributed by atoms with E-state index in [1.165, 1.54) is 0 Å². The van der Waals surface area contributed by atoms with Crippen LogP contribution in [0.2, 0.25) is 10.0 Å². The Balaban J connectivity index is 1.60. The van der Waals surface area contributed by atoms with Crippen molar-refractivity contribution in [1.29, 1.82) is 0 Å². The van der Waals surface area contributed by atoms with Gasteiger partial charge in [0.1, 0.15) is 11.5 Å². The average molecular weight is 487 g/mol. The van der Waals surface area contributed by atoms with Gasteiger partial charge >= 0.3 is 0 Å². The lowest BCUT2D eigenvalue weighted by Gasteiger charge is -2.18. The van der Waals surface area contributed by atoms with Crippen molar-refractivity contribution in [3.05, 3.63) is 82.3 Å². The Morgan fingerprint density at radius 2 is 1.18 bits per heavy atom. The zero-order chi connectivity index (χ0) is 24.0. The van der Waals surface area contributed by atoms with Gasteiger partial charge < -0.3 is 20.1 Å². The van der Waals surface area contributed by atoms with Gasteiger partial charge in [-0.2, -0.15) is 0 Å². The quantitative estimate of drug-likeness (QED) is 0.402. The molecule has 0 spiro atoms. The minimum atomic E-state index is -0.739. The normalized spacial score (nSPS) is 12.4. The lowest BCUT2D eigenvalue weighted by Crippen LogP contribution is -2.31. The maximum absolute atomic E-state index is 12.6. The third kappa shape index (κ3) is 7.14. The summed E-state index contributed by atoms with van der Waals surface area (Å²) in [5, 5.41) is 6.82. The molecule has 0 aliphatic carbocycles. The Hall–Kier alpha value is -3.22. The largest absolute Gasteiger partial charge is 0.481 e. The van der Waals surface area contributed by atoms with E-state index in [4.69, 9.17) is 32.7 Å². The molecule has 0 saturated carbocycles. The minimum Gasteiger partial charge on any atom is -0.481 e. The predicted molar refractivity (Wildman–Crippen MR) is 132 cm³/mol. The summed E-state index contributed by atoms with van der Waals surface area (Å²) in [6, 6.07) is 18.8. The lowest BCUT2D eigenvalue weighted by atomic mass is 10.1. The number of halogens is 2. The molecule has 0 fully saturated rings. The fraction of sp³-hybridized carbons (Fsp3) is 0.200. The number of rotatable bonds is 8. The van der Waals surface area contributed by atoms with E-state index < -0.39 is 12.2 Å². The molecule has 0 aliphatic heterocycles. The summed E-state index contributed by atoms with van der Waals surface area (Å²) >= 11 is 11.7. The van der Waals surface area contributed by atoms with Crippen molar-refractivity contribution in [3.63, 3.8) is 0 Å². The average Bonchev–Trinajstić information content (AvgIpc) is 2.79. The highest BCUT2D eigenvalue weighted by atomic mass is 35.5. The second-order valence-electron chi connectivity index (χ2n) is 7.44. The van der Waals surface area contributed by atoms with E-state index in [0.717, 1.165) is 5.56 Å². The number of amides is 2. The summed E-state index contributed by atoms with van der Waals surface area (Å²) < 4.78 is 11.3. The predicted octanol–water partition coefficient (Wildman–Crippen LogP) is 6.11. The number of aryl methyl sites for hydroxylation is 1. The molecule has 8 heteroatoms. The number of anilines is 2. The molecule has 172 valence electrons. The molecule has 2 amide bonds. The first kappa shape index (κ1) is 24.4. The van der Waals surface area contributed by atoms with Crippen LogP contribution in [-0.2, 0) is 9.59 Å². The van der Waals surface area contributed by atoms with Gasteiger partial charge in [0.15, 0.2) is 12.2 Å². The van der Waals surface area contributed by atoms with Crippen LogP contribution in [0, 0.1) is 6.92 Å². The van der Waals surface area contributed by atoms with Crippen molar-refractivity contribution >= 4 is 46.4 Å². The second kappa shape index (κ2) is 11.1. The molecule has 0 aliphatic rings. The monoisotopic (exact) mass is 486 g/mol. The van der Waals surface area contributed by atoms with Crippen LogP contribution < -0.4 is 20.1 Å². The third-order valence-electron chi connectivity index (χ3n) is 4.75. The molecule has 0 radical (unpaired) electrons. The summed E-state index contributed by atoms with van der Waals surface area (Å²) in [6.07, 6.45) is -1.48. The summed E-state index contributed by atoms with van der Waals surface area (Å²) in [4.78, 5) is 25.2. The highest BCUT2D eigenvalue weighted by Gasteiger charge is 2.18.